The minimum Gasteiger partial charge on any atom is -0.298 e. The Morgan fingerprint density at radius 1 is 0.909 bits per heavy atom. The second kappa shape index (κ2) is 4.81. The van der Waals surface area contributed by atoms with Gasteiger partial charge >= 0.3 is 0 Å². The molecule has 0 aliphatic heterocycles. The van der Waals surface area contributed by atoms with Gasteiger partial charge in [-0.15, -0.1) is 0 Å². The van der Waals surface area contributed by atoms with E-state index in [2.05, 4.69) is 0 Å². The second-order valence-corrected chi connectivity index (χ2v) is 5.37. The summed E-state index contributed by atoms with van der Waals surface area (Å²) in [5.74, 6) is 0. The van der Waals surface area contributed by atoms with Crippen LogP contribution in [-0.2, 0) is 0 Å². The van der Waals surface area contributed by atoms with Crippen LogP contribution < -0.4 is 5.43 Å². The largest absolute Gasteiger partial charge is 0.298 e. The number of pyridine rings is 2. The molecule has 2 aromatic heterocycles. The topological polar surface area (TPSA) is 34.9 Å². The molecule has 2 heterocycles. The van der Waals surface area contributed by atoms with Gasteiger partial charge in [-0.2, -0.15) is 0 Å². The van der Waals surface area contributed by atoms with E-state index in [0.717, 1.165) is 22.3 Å². The molecule has 106 valence electrons. The fraction of sp³-hybridized carbons (Fsp3) is 0.0526. The molecule has 0 saturated carbocycles. The molecule has 0 fully saturated rings. The van der Waals surface area contributed by atoms with Crippen LogP contribution in [0.5, 0.6) is 0 Å². The van der Waals surface area contributed by atoms with Gasteiger partial charge in [0.05, 0.1) is 10.9 Å². The normalized spacial score (nSPS) is 11.1. The third-order valence-corrected chi connectivity index (χ3v) is 3.89. The maximum Gasteiger partial charge on any atom is 0.191 e. The maximum absolute atomic E-state index is 12.4. The van der Waals surface area contributed by atoms with Gasteiger partial charge in [-0.25, -0.2) is 4.98 Å². The summed E-state index contributed by atoms with van der Waals surface area (Å²) >= 11 is 0. The lowest BCUT2D eigenvalue weighted by Crippen LogP contribution is -2.12. The Labute approximate surface area is 127 Å². The van der Waals surface area contributed by atoms with Gasteiger partial charge in [0, 0.05) is 22.8 Å². The molecule has 0 spiro atoms. The number of hydrogen-bond donors (Lipinski definition) is 0. The number of rotatable bonds is 1. The van der Waals surface area contributed by atoms with Crippen molar-refractivity contribution < 1.29 is 0 Å². The van der Waals surface area contributed by atoms with Gasteiger partial charge in [-0.05, 0) is 31.2 Å². The number of benzene rings is 2. The van der Waals surface area contributed by atoms with Gasteiger partial charge in [0.2, 0.25) is 0 Å². The summed E-state index contributed by atoms with van der Waals surface area (Å²) in [6, 6.07) is 21.5. The van der Waals surface area contributed by atoms with Gasteiger partial charge < -0.3 is 0 Å². The van der Waals surface area contributed by atoms with Crippen LogP contribution in [0.4, 0.5) is 0 Å². The van der Waals surface area contributed by atoms with Crippen molar-refractivity contribution in [2.75, 3.05) is 0 Å². The summed E-state index contributed by atoms with van der Waals surface area (Å²) in [7, 11) is 0. The number of para-hydroxylation sites is 2. The molecular formula is C19H14N2O. The second-order valence-electron chi connectivity index (χ2n) is 5.37. The molecule has 0 N–H and O–H groups in total. The zero-order chi connectivity index (χ0) is 15.1. The molecule has 3 heteroatoms. The standard InChI is InChI=1S/C19H14N2O/c1-13-11-18(22)16-12-14-7-5-6-10-17(14)20-19(16)21(13)15-8-3-2-4-9-15/h2-12H,1H3. The van der Waals surface area contributed by atoms with Crippen molar-refractivity contribution in [1.82, 2.24) is 9.55 Å². The SMILES string of the molecule is Cc1cc(=O)c2cc3ccccc3nc2n1-c1ccccc1. The molecule has 0 atom stereocenters. The Morgan fingerprint density at radius 3 is 2.45 bits per heavy atom. The first-order valence-electron chi connectivity index (χ1n) is 7.21. The average molecular weight is 286 g/mol. The van der Waals surface area contributed by atoms with Crippen LogP contribution in [0.25, 0.3) is 27.6 Å². The van der Waals surface area contributed by atoms with Crippen LogP contribution in [0.3, 0.4) is 0 Å². The number of aryl methyl sites for hydroxylation is 1. The summed E-state index contributed by atoms with van der Waals surface area (Å²) in [6.45, 7) is 1.94. The molecule has 0 saturated heterocycles. The molecule has 0 unspecified atom stereocenters. The van der Waals surface area contributed by atoms with Gasteiger partial charge in [-0.3, -0.25) is 9.36 Å². The zero-order valence-corrected chi connectivity index (χ0v) is 12.2. The van der Waals surface area contributed by atoms with Crippen molar-refractivity contribution in [3.05, 3.63) is 82.6 Å². The number of hydrogen-bond acceptors (Lipinski definition) is 2. The van der Waals surface area contributed by atoms with Crippen molar-refractivity contribution in [3.8, 4) is 5.69 Å². The van der Waals surface area contributed by atoms with E-state index in [4.69, 9.17) is 4.98 Å². The van der Waals surface area contributed by atoms with Crippen molar-refractivity contribution in [2.24, 2.45) is 0 Å². The minimum atomic E-state index is 0.0120. The zero-order valence-electron chi connectivity index (χ0n) is 12.2. The maximum atomic E-state index is 12.4. The van der Waals surface area contributed by atoms with E-state index in [9.17, 15) is 4.79 Å². The van der Waals surface area contributed by atoms with E-state index in [1.807, 2.05) is 72.2 Å². The van der Waals surface area contributed by atoms with Crippen molar-refractivity contribution in [1.29, 1.82) is 0 Å². The Balaban J connectivity index is 2.20. The molecule has 4 aromatic rings. The average Bonchev–Trinajstić information content (AvgIpc) is 2.54. The molecule has 0 amide bonds. The van der Waals surface area contributed by atoms with E-state index < -0.39 is 0 Å². The molecule has 3 nitrogen and oxygen atoms in total. The Kier molecular flexibility index (Phi) is 2.79. The quantitative estimate of drug-likeness (QED) is 0.498. The number of fused-ring (bicyclic) bond motifs is 2. The highest BCUT2D eigenvalue weighted by Gasteiger charge is 2.10. The highest BCUT2D eigenvalue weighted by atomic mass is 16.1. The molecule has 0 aliphatic carbocycles. The van der Waals surface area contributed by atoms with E-state index in [-0.39, 0.29) is 5.43 Å². The fourth-order valence-corrected chi connectivity index (χ4v) is 2.86. The Hall–Kier alpha value is -2.94. The predicted octanol–water partition coefficient (Wildman–Crippen LogP) is 3.85. The van der Waals surface area contributed by atoms with Crippen LogP contribution in [0.2, 0.25) is 0 Å². The molecular weight excluding hydrogens is 272 g/mol. The van der Waals surface area contributed by atoms with Gasteiger partial charge in [0.25, 0.3) is 0 Å². The first-order valence-corrected chi connectivity index (χ1v) is 7.21. The summed E-state index contributed by atoms with van der Waals surface area (Å²) in [4.78, 5) is 17.1. The minimum absolute atomic E-state index is 0.0120. The summed E-state index contributed by atoms with van der Waals surface area (Å²) < 4.78 is 2.03. The van der Waals surface area contributed by atoms with Crippen LogP contribution >= 0.6 is 0 Å². The first kappa shape index (κ1) is 12.8. The van der Waals surface area contributed by atoms with E-state index in [1.165, 1.54) is 0 Å². The number of nitrogens with zero attached hydrogens (tertiary/aromatic N) is 2. The van der Waals surface area contributed by atoms with E-state index in [1.54, 1.807) is 6.07 Å². The Bertz CT molecular complexity index is 1050. The van der Waals surface area contributed by atoms with E-state index >= 15 is 0 Å². The summed E-state index contributed by atoms with van der Waals surface area (Å²) in [6.07, 6.45) is 0. The molecule has 22 heavy (non-hydrogen) atoms. The Morgan fingerprint density at radius 2 is 1.64 bits per heavy atom. The highest BCUT2D eigenvalue weighted by molar-refractivity contribution is 5.91. The predicted molar refractivity (Wildman–Crippen MR) is 89.6 cm³/mol. The van der Waals surface area contributed by atoms with Gasteiger partial charge in [-0.1, -0.05) is 36.4 Å². The molecule has 0 radical (unpaired) electrons. The van der Waals surface area contributed by atoms with Crippen LogP contribution in [0.15, 0.2) is 71.5 Å². The lowest BCUT2D eigenvalue weighted by Gasteiger charge is -2.14. The molecule has 4 rings (SSSR count). The third kappa shape index (κ3) is 1.91. The molecule has 0 bridgehead atoms. The van der Waals surface area contributed by atoms with Crippen molar-refractivity contribution in [3.63, 3.8) is 0 Å². The lowest BCUT2D eigenvalue weighted by molar-refractivity contribution is 1.00. The summed E-state index contributed by atoms with van der Waals surface area (Å²) in [5.41, 5.74) is 3.50. The van der Waals surface area contributed by atoms with Gasteiger partial charge in [0.15, 0.2) is 5.43 Å². The molecule has 0 aliphatic rings. The molecule has 2 aromatic carbocycles. The van der Waals surface area contributed by atoms with Crippen molar-refractivity contribution >= 4 is 21.9 Å². The third-order valence-electron chi connectivity index (χ3n) is 3.89. The van der Waals surface area contributed by atoms with E-state index in [0.29, 0.717) is 11.0 Å². The lowest BCUT2D eigenvalue weighted by atomic mass is 10.1. The monoisotopic (exact) mass is 286 g/mol. The number of aromatic nitrogens is 2. The summed E-state index contributed by atoms with van der Waals surface area (Å²) in [5, 5.41) is 1.63. The first-order chi connectivity index (χ1) is 10.7. The highest BCUT2D eigenvalue weighted by Crippen LogP contribution is 2.21. The smallest absolute Gasteiger partial charge is 0.191 e. The fourth-order valence-electron chi connectivity index (χ4n) is 2.86. The van der Waals surface area contributed by atoms with Crippen molar-refractivity contribution in [2.45, 2.75) is 6.92 Å². The van der Waals surface area contributed by atoms with Crippen LogP contribution in [0.1, 0.15) is 5.69 Å². The van der Waals surface area contributed by atoms with Crippen LogP contribution in [-0.4, -0.2) is 9.55 Å². The van der Waals surface area contributed by atoms with Gasteiger partial charge in [0.1, 0.15) is 5.65 Å². The van der Waals surface area contributed by atoms with Crippen LogP contribution in [0, 0.1) is 6.92 Å².